The third kappa shape index (κ3) is 2.87. The fourth-order valence-electron chi connectivity index (χ4n) is 4.73. The van der Waals surface area contributed by atoms with Crippen molar-refractivity contribution in [2.75, 3.05) is 14.2 Å². The molecule has 3 aromatic carbocycles. The molecule has 4 aromatic rings. The van der Waals surface area contributed by atoms with E-state index in [0.717, 1.165) is 5.56 Å². The van der Waals surface area contributed by atoms with Crippen LogP contribution in [0.2, 0.25) is 0 Å². The van der Waals surface area contributed by atoms with Crippen LogP contribution >= 0.6 is 0 Å². The summed E-state index contributed by atoms with van der Waals surface area (Å²) in [6.45, 7) is 0. The minimum Gasteiger partial charge on any atom is -0.493 e. The molecule has 5 rings (SSSR count). The minimum atomic E-state index is -0.960. The van der Waals surface area contributed by atoms with Crippen LogP contribution in [0.15, 0.2) is 75.9 Å². The number of ether oxygens (including phenoxy) is 2. The number of methoxy groups -OCH3 is 2. The average Bonchev–Trinajstić information content (AvgIpc) is 2.82. The fourth-order valence-corrected chi connectivity index (χ4v) is 4.73. The molecule has 0 amide bonds. The quantitative estimate of drug-likeness (QED) is 0.503. The molecule has 0 saturated heterocycles. The molecule has 0 aliphatic heterocycles. The van der Waals surface area contributed by atoms with E-state index >= 15 is 0 Å². The molecule has 1 aromatic heterocycles. The molecule has 1 N–H and O–H groups in total. The van der Waals surface area contributed by atoms with Crippen LogP contribution in [0.5, 0.6) is 11.5 Å². The van der Waals surface area contributed by atoms with Crippen molar-refractivity contribution in [2.45, 2.75) is 11.8 Å². The lowest BCUT2D eigenvalue weighted by atomic mass is 9.69. The lowest BCUT2D eigenvalue weighted by Crippen LogP contribution is -2.27. The zero-order chi connectivity index (χ0) is 22.4. The third-order valence-electron chi connectivity index (χ3n) is 6.09. The van der Waals surface area contributed by atoms with E-state index in [2.05, 4.69) is 0 Å². The Morgan fingerprint density at radius 1 is 0.906 bits per heavy atom. The van der Waals surface area contributed by atoms with Crippen LogP contribution in [0.1, 0.15) is 28.5 Å². The summed E-state index contributed by atoms with van der Waals surface area (Å²) in [6, 6.07) is 19.7. The van der Waals surface area contributed by atoms with Crippen molar-refractivity contribution in [2.24, 2.45) is 0 Å². The number of carbonyl (C=O) groups is 1. The number of rotatable bonds is 4. The molecule has 0 radical (unpaired) electrons. The van der Waals surface area contributed by atoms with Gasteiger partial charge in [0.25, 0.3) is 0 Å². The SMILES string of the molecule is COc1ccc([C@H]2c3c(oc(=O)c4ccccc34)-c3ccccc3[C@@H]2C(=O)O)cc1OC. The number of hydrogen-bond donors (Lipinski definition) is 1. The van der Waals surface area contributed by atoms with E-state index in [-0.39, 0.29) is 0 Å². The summed E-state index contributed by atoms with van der Waals surface area (Å²) < 4.78 is 16.7. The molecule has 160 valence electrons. The summed E-state index contributed by atoms with van der Waals surface area (Å²) in [6.07, 6.45) is 0. The molecule has 0 unspecified atom stereocenters. The van der Waals surface area contributed by atoms with Crippen molar-refractivity contribution in [3.05, 3.63) is 93.8 Å². The smallest absolute Gasteiger partial charge is 0.344 e. The van der Waals surface area contributed by atoms with Gasteiger partial charge in [0.2, 0.25) is 0 Å². The van der Waals surface area contributed by atoms with Crippen LogP contribution in [0.3, 0.4) is 0 Å². The molecule has 32 heavy (non-hydrogen) atoms. The highest BCUT2D eigenvalue weighted by Crippen LogP contribution is 2.52. The number of carboxylic acid groups (broad SMARTS) is 1. The van der Waals surface area contributed by atoms with E-state index in [1.165, 1.54) is 7.11 Å². The second-order valence-corrected chi connectivity index (χ2v) is 7.67. The molecule has 1 aliphatic carbocycles. The first-order valence-electron chi connectivity index (χ1n) is 10.1. The Labute approximate surface area is 183 Å². The van der Waals surface area contributed by atoms with Crippen LogP contribution in [0.25, 0.3) is 22.1 Å². The summed E-state index contributed by atoms with van der Waals surface area (Å²) in [7, 11) is 3.08. The van der Waals surface area contributed by atoms with Gasteiger partial charge in [-0.05, 0) is 34.7 Å². The molecule has 1 heterocycles. The average molecular weight is 428 g/mol. The first-order chi connectivity index (χ1) is 15.5. The van der Waals surface area contributed by atoms with Gasteiger partial charge in [0.1, 0.15) is 5.76 Å². The van der Waals surface area contributed by atoms with Crippen molar-refractivity contribution in [3.8, 4) is 22.8 Å². The topological polar surface area (TPSA) is 86.0 Å². The first kappa shape index (κ1) is 19.9. The maximum absolute atomic E-state index is 12.8. The molecule has 0 saturated carbocycles. The standard InChI is InChI=1S/C26H20O6/c1-30-19-12-11-14(13-20(19)31-2)21-22-16-8-4-6-10-18(16)26(29)32-24(22)17-9-5-3-7-15(17)23(21)25(27)28/h3-13,21,23H,1-2H3,(H,27,28)/t21-,23-/m0/s1. The van der Waals surface area contributed by atoms with Crippen LogP contribution in [0.4, 0.5) is 0 Å². The maximum Gasteiger partial charge on any atom is 0.344 e. The summed E-state index contributed by atoms with van der Waals surface area (Å²) in [5.41, 5.74) is 2.18. The second-order valence-electron chi connectivity index (χ2n) is 7.67. The highest BCUT2D eigenvalue weighted by atomic mass is 16.5. The van der Waals surface area contributed by atoms with Crippen molar-refractivity contribution in [1.29, 1.82) is 0 Å². The Balaban J connectivity index is 1.91. The van der Waals surface area contributed by atoms with Gasteiger partial charge < -0.3 is 19.0 Å². The van der Waals surface area contributed by atoms with E-state index in [0.29, 0.717) is 44.7 Å². The van der Waals surface area contributed by atoms with Crippen LogP contribution in [0, 0.1) is 0 Å². The van der Waals surface area contributed by atoms with Gasteiger partial charge >= 0.3 is 11.6 Å². The highest BCUT2D eigenvalue weighted by molar-refractivity contribution is 5.95. The number of aliphatic carboxylic acids is 1. The third-order valence-corrected chi connectivity index (χ3v) is 6.09. The summed E-state index contributed by atoms with van der Waals surface area (Å²) in [5.74, 6) is -1.00. The van der Waals surface area contributed by atoms with E-state index in [9.17, 15) is 14.7 Å². The van der Waals surface area contributed by atoms with E-state index < -0.39 is 23.4 Å². The number of carboxylic acids is 1. The molecule has 0 spiro atoms. The molecule has 6 nitrogen and oxygen atoms in total. The van der Waals surface area contributed by atoms with Crippen molar-refractivity contribution >= 4 is 16.7 Å². The number of fused-ring (bicyclic) bond motifs is 5. The Kier molecular flexibility index (Phi) is 4.70. The van der Waals surface area contributed by atoms with Gasteiger partial charge in [-0.15, -0.1) is 0 Å². The van der Waals surface area contributed by atoms with Crippen molar-refractivity contribution in [3.63, 3.8) is 0 Å². The van der Waals surface area contributed by atoms with Crippen LogP contribution < -0.4 is 15.1 Å². The van der Waals surface area contributed by atoms with E-state index in [4.69, 9.17) is 13.9 Å². The Morgan fingerprint density at radius 2 is 1.59 bits per heavy atom. The molecule has 2 atom stereocenters. The predicted molar refractivity (Wildman–Crippen MR) is 120 cm³/mol. The fraction of sp³-hybridized carbons (Fsp3) is 0.154. The molecule has 1 aliphatic rings. The lowest BCUT2D eigenvalue weighted by molar-refractivity contribution is -0.139. The predicted octanol–water partition coefficient (Wildman–Crippen LogP) is 4.79. The lowest BCUT2D eigenvalue weighted by Gasteiger charge is -2.33. The molecular formula is C26H20O6. The van der Waals surface area contributed by atoms with Gasteiger partial charge in [-0.1, -0.05) is 48.5 Å². The Bertz CT molecular complexity index is 1420. The highest BCUT2D eigenvalue weighted by Gasteiger charge is 2.42. The molecular weight excluding hydrogens is 408 g/mol. The normalized spacial score (nSPS) is 16.8. The van der Waals surface area contributed by atoms with Gasteiger partial charge in [0.15, 0.2) is 11.5 Å². The molecule has 0 bridgehead atoms. The van der Waals surface area contributed by atoms with Gasteiger partial charge in [-0.25, -0.2) is 4.79 Å². The van der Waals surface area contributed by atoms with Gasteiger partial charge in [-0.2, -0.15) is 0 Å². The Morgan fingerprint density at radius 3 is 2.31 bits per heavy atom. The van der Waals surface area contributed by atoms with Gasteiger partial charge in [-0.3, -0.25) is 4.79 Å². The van der Waals surface area contributed by atoms with Crippen LogP contribution in [-0.4, -0.2) is 25.3 Å². The summed E-state index contributed by atoms with van der Waals surface area (Å²) in [4.78, 5) is 25.4. The number of benzene rings is 3. The largest absolute Gasteiger partial charge is 0.493 e. The van der Waals surface area contributed by atoms with Crippen molar-refractivity contribution < 1.29 is 23.8 Å². The summed E-state index contributed by atoms with van der Waals surface area (Å²) in [5, 5.41) is 11.4. The van der Waals surface area contributed by atoms with Crippen LogP contribution in [-0.2, 0) is 4.79 Å². The van der Waals surface area contributed by atoms with Gasteiger partial charge in [0, 0.05) is 17.0 Å². The van der Waals surface area contributed by atoms with E-state index in [1.54, 1.807) is 49.6 Å². The molecule has 0 fully saturated rings. The summed E-state index contributed by atoms with van der Waals surface area (Å²) >= 11 is 0. The second kappa shape index (κ2) is 7.57. The monoisotopic (exact) mass is 428 g/mol. The minimum absolute atomic E-state index is 0.404. The molecule has 6 heteroatoms. The first-order valence-corrected chi connectivity index (χ1v) is 10.1. The van der Waals surface area contributed by atoms with Gasteiger partial charge in [0.05, 0.1) is 25.5 Å². The van der Waals surface area contributed by atoms with E-state index in [1.807, 2.05) is 24.3 Å². The number of hydrogen-bond acceptors (Lipinski definition) is 5. The zero-order valence-electron chi connectivity index (χ0n) is 17.5. The Hall–Kier alpha value is -4.06. The maximum atomic E-state index is 12.8. The van der Waals surface area contributed by atoms with Crippen molar-refractivity contribution in [1.82, 2.24) is 0 Å². The zero-order valence-corrected chi connectivity index (χ0v) is 17.5.